The van der Waals surface area contributed by atoms with Gasteiger partial charge in [-0.15, -0.1) is 0 Å². The molecule has 4 N–H and O–H groups in total. The summed E-state index contributed by atoms with van der Waals surface area (Å²) < 4.78 is 0. The van der Waals surface area contributed by atoms with E-state index < -0.39 is 0 Å². The van der Waals surface area contributed by atoms with Crippen LogP contribution < -0.4 is 10.6 Å². The maximum atomic E-state index is 7.59. The monoisotopic (exact) mass is 197 g/mol. The van der Waals surface area contributed by atoms with Gasteiger partial charge < -0.3 is 10.2 Å². The summed E-state index contributed by atoms with van der Waals surface area (Å²) in [7, 11) is 3.55. The van der Waals surface area contributed by atoms with Gasteiger partial charge in [0.15, 0.2) is 11.9 Å². The molecule has 1 aliphatic carbocycles. The Morgan fingerprint density at radius 2 is 1.79 bits per heavy atom. The van der Waals surface area contributed by atoms with E-state index in [4.69, 9.17) is 10.8 Å². The fourth-order valence-electron chi connectivity index (χ4n) is 1.54. The Morgan fingerprint density at radius 1 is 1.21 bits per heavy atom. The van der Waals surface area contributed by atoms with Crippen LogP contribution in [0.4, 0.5) is 0 Å². The number of guanidine groups is 2. The number of nitrogens with zero attached hydrogens (tertiary/aromatic N) is 1. The van der Waals surface area contributed by atoms with Gasteiger partial charge in [-0.2, -0.15) is 0 Å². The van der Waals surface area contributed by atoms with E-state index in [1.807, 2.05) is 0 Å². The molecule has 1 aliphatic rings. The number of hydrogen-bond donors (Lipinski definition) is 4. The van der Waals surface area contributed by atoms with Crippen LogP contribution in [-0.4, -0.2) is 37.0 Å². The summed E-state index contributed by atoms with van der Waals surface area (Å²) >= 11 is 0. The molecule has 14 heavy (non-hydrogen) atoms. The van der Waals surface area contributed by atoms with Crippen molar-refractivity contribution in [2.75, 3.05) is 14.1 Å². The van der Waals surface area contributed by atoms with Crippen LogP contribution in [0.25, 0.3) is 0 Å². The third-order valence-corrected chi connectivity index (χ3v) is 2.39. The van der Waals surface area contributed by atoms with Gasteiger partial charge in [0.05, 0.1) is 0 Å². The fraction of sp³-hybridized carbons (Fsp3) is 0.778. The molecule has 0 aliphatic heterocycles. The Bertz CT molecular complexity index is 217. The minimum atomic E-state index is 0.232. The molecular weight excluding hydrogens is 178 g/mol. The second-order valence-corrected chi connectivity index (χ2v) is 3.87. The largest absolute Gasteiger partial charge is 0.353 e. The summed E-state index contributed by atoms with van der Waals surface area (Å²) in [5, 5.41) is 20.8. The minimum Gasteiger partial charge on any atom is -0.353 e. The number of rotatable bonds is 1. The van der Waals surface area contributed by atoms with Crippen LogP contribution in [0, 0.1) is 10.8 Å². The average Bonchev–Trinajstić information content (AvgIpc) is 2.56. The molecule has 0 atom stereocenters. The van der Waals surface area contributed by atoms with Gasteiger partial charge in [0.25, 0.3) is 0 Å². The first-order chi connectivity index (χ1) is 6.59. The topological polar surface area (TPSA) is 75.0 Å². The molecule has 1 rings (SSSR count). The quantitative estimate of drug-likeness (QED) is 0.366. The summed E-state index contributed by atoms with van der Waals surface area (Å²) in [6, 6.07) is 0.421. The lowest BCUT2D eigenvalue weighted by atomic mass is 10.2. The van der Waals surface area contributed by atoms with Crippen LogP contribution in [0.5, 0.6) is 0 Å². The Kier molecular flexibility index (Phi) is 3.73. The van der Waals surface area contributed by atoms with E-state index in [2.05, 4.69) is 10.6 Å². The van der Waals surface area contributed by atoms with Crippen LogP contribution in [0.1, 0.15) is 25.7 Å². The zero-order valence-corrected chi connectivity index (χ0v) is 8.85. The molecule has 0 radical (unpaired) electrons. The van der Waals surface area contributed by atoms with Crippen molar-refractivity contribution >= 4 is 11.9 Å². The predicted molar refractivity (Wildman–Crippen MR) is 57.7 cm³/mol. The maximum Gasteiger partial charge on any atom is 0.197 e. The Balaban J connectivity index is 2.24. The smallest absolute Gasteiger partial charge is 0.197 e. The van der Waals surface area contributed by atoms with Crippen LogP contribution in [0.3, 0.4) is 0 Å². The molecule has 1 fully saturated rings. The van der Waals surface area contributed by atoms with Crippen LogP contribution in [-0.2, 0) is 0 Å². The van der Waals surface area contributed by atoms with Crippen molar-refractivity contribution in [3.05, 3.63) is 0 Å². The molecule has 0 aromatic rings. The molecular formula is C9H19N5. The highest BCUT2D eigenvalue weighted by Crippen LogP contribution is 2.17. The van der Waals surface area contributed by atoms with E-state index in [1.54, 1.807) is 19.0 Å². The van der Waals surface area contributed by atoms with Crippen LogP contribution in [0.2, 0.25) is 0 Å². The summed E-state index contributed by atoms with van der Waals surface area (Å²) in [5.41, 5.74) is 0. The minimum absolute atomic E-state index is 0.232. The van der Waals surface area contributed by atoms with Crippen LogP contribution in [0.15, 0.2) is 0 Å². The zero-order chi connectivity index (χ0) is 10.6. The lowest BCUT2D eigenvalue weighted by molar-refractivity contribution is 0.586. The van der Waals surface area contributed by atoms with Gasteiger partial charge in [-0.25, -0.2) is 0 Å². The van der Waals surface area contributed by atoms with Gasteiger partial charge in [0, 0.05) is 20.1 Å². The average molecular weight is 197 g/mol. The Hall–Kier alpha value is -1.26. The third-order valence-electron chi connectivity index (χ3n) is 2.39. The Labute approximate surface area is 84.9 Å². The van der Waals surface area contributed by atoms with Gasteiger partial charge in [0.1, 0.15) is 0 Å². The molecule has 0 saturated heterocycles. The summed E-state index contributed by atoms with van der Waals surface area (Å²) in [5.74, 6) is 0.469. The lowest BCUT2D eigenvalue weighted by Crippen LogP contribution is -2.47. The molecule has 0 aromatic carbocycles. The molecule has 0 aromatic heterocycles. The molecule has 80 valence electrons. The molecule has 0 heterocycles. The van der Waals surface area contributed by atoms with Gasteiger partial charge in [-0.3, -0.25) is 16.1 Å². The predicted octanol–water partition coefficient (Wildman–Crippen LogP) is 0.539. The second kappa shape index (κ2) is 4.83. The van der Waals surface area contributed by atoms with Gasteiger partial charge in [-0.1, -0.05) is 12.8 Å². The van der Waals surface area contributed by atoms with E-state index in [-0.39, 0.29) is 11.9 Å². The van der Waals surface area contributed by atoms with E-state index >= 15 is 0 Å². The van der Waals surface area contributed by atoms with Gasteiger partial charge >= 0.3 is 0 Å². The van der Waals surface area contributed by atoms with Crippen molar-refractivity contribution in [3.8, 4) is 0 Å². The summed E-state index contributed by atoms with van der Waals surface area (Å²) in [4.78, 5) is 1.63. The molecule has 0 amide bonds. The van der Waals surface area contributed by atoms with Crippen molar-refractivity contribution in [1.82, 2.24) is 15.5 Å². The van der Waals surface area contributed by atoms with Gasteiger partial charge in [-0.05, 0) is 12.8 Å². The fourth-order valence-corrected chi connectivity index (χ4v) is 1.54. The standard InChI is InChI=1S/C9H19N5/c1-14(2)9(11)13-8(10)12-7-5-3-4-6-7/h7H,3-6H2,1-2H3,(H4,10,11,12,13). The molecule has 0 unspecified atom stereocenters. The second-order valence-electron chi connectivity index (χ2n) is 3.87. The molecule has 1 saturated carbocycles. The molecule has 0 spiro atoms. The first kappa shape index (κ1) is 10.8. The van der Waals surface area contributed by atoms with Crippen molar-refractivity contribution in [2.24, 2.45) is 0 Å². The van der Waals surface area contributed by atoms with E-state index in [1.165, 1.54) is 12.8 Å². The molecule has 5 heteroatoms. The van der Waals surface area contributed by atoms with Crippen molar-refractivity contribution in [3.63, 3.8) is 0 Å². The first-order valence-corrected chi connectivity index (χ1v) is 4.97. The molecule has 5 nitrogen and oxygen atoms in total. The SMILES string of the molecule is CN(C)C(=N)NC(=N)NC1CCCC1. The van der Waals surface area contributed by atoms with Crippen LogP contribution >= 0.6 is 0 Å². The maximum absolute atomic E-state index is 7.59. The lowest BCUT2D eigenvalue weighted by Gasteiger charge is -2.19. The highest BCUT2D eigenvalue weighted by atomic mass is 15.3. The van der Waals surface area contributed by atoms with E-state index in [0.29, 0.717) is 6.04 Å². The summed E-state index contributed by atoms with van der Waals surface area (Å²) in [6.07, 6.45) is 4.77. The first-order valence-electron chi connectivity index (χ1n) is 4.97. The number of hydrogen-bond acceptors (Lipinski definition) is 2. The van der Waals surface area contributed by atoms with Gasteiger partial charge in [0.2, 0.25) is 0 Å². The third kappa shape index (κ3) is 3.24. The molecule has 0 bridgehead atoms. The highest BCUT2D eigenvalue weighted by Gasteiger charge is 2.15. The summed E-state index contributed by atoms with van der Waals surface area (Å²) in [6.45, 7) is 0. The normalized spacial score (nSPS) is 16.4. The highest BCUT2D eigenvalue weighted by molar-refractivity contribution is 5.95. The number of nitrogens with one attached hydrogen (secondary N) is 4. The van der Waals surface area contributed by atoms with Crippen molar-refractivity contribution in [2.45, 2.75) is 31.7 Å². The van der Waals surface area contributed by atoms with E-state index in [9.17, 15) is 0 Å². The van der Waals surface area contributed by atoms with E-state index in [0.717, 1.165) is 12.8 Å². The Morgan fingerprint density at radius 3 is 2.29 bits per heavy atom. The van der Waals surface area contributed by atoms with Crippen molar-refractivity contribution < 1.29 is 0 Å². The zero-order valence-electron chi connectivity index (χ0n) is 8.85. The van der Waals surface area contributed by atoms with Crippen molar-refractivity contribution in [1.29, 1.82) is 10.8 Å².